The molecule has 0 unspecified atom stereocenters. The van der Waals surface area contributed by atoms with Gasteiger partial charge in [0.05, 0.1) is 0 Å². The number of rotatable bonds is 30. The second-order valence-electron chi connectivity index (χ2n) is 10.8. The zero-order chi connectivity index (χ0) is 24.8. The first kappa shape index (κ1) is 33.8. The van der Waals surface area contributed by atoms with Crippen molar-refractivity contribution in [1.29, 1.82) is 0 Å². The third-order valence-corrected chi connectivity index (χ3v) is 7.61. The summed E-state index contributed by atoms with van der Waals surface area (Å²) in [6.45, 7) is 0. The van der Waals surface area contributed by atoms with E-state index in [1.165, 1.54) is 167 Å². The standard InChI is InChI=1S/C31H62O2S/c32-31(33)29-27-25-23-21-19-17-15-13-11-9-7-5-3-1-2-4-6-8-10-12-14-16-18-20-22-24-26-28-30-34/h34H,1-30H2,(H,32,33). The molecule has 0 spiro atoms. The van der Waals surface area contributed by atoms with Crippen LogP contribution < -0.4 is 0 Å². The quantitative estimate of drug-likeness (QED) is 0.0763. The zero-order valence-electron chi connectivity index (χ0n) is 23.0. The Hall–Kier alpha value is -0.180. The van der Waals surface area contributed by atoms with E-state index in [9.17, 15) is 4.79 Å². The minimum absolute atomic E-state index is 0.345. The van der Waals surface area contributed by atoms with Crippen LogP contribution in [0.25, 0.3) is 0 Å². The molecule has 0 aliphatic carbocycles. The molecule has 0 aromatic heterocycles. The van der Waals surface area contributed by atoms with Gasteiger partial charge in [0.1, 0.15) is 0 Å². The van der Waals surface area contributed by atoms with Crippen LogP contribution in [0.3, 0.4) is 0 Å². The molecule has 0 radical (unpaired) electrons. The highest BCUT2D eigenvalue weighted by atomic mass is 32.1. The Morgan fingerprint density at radius 3 is 0.706 bits per heavy atom. The first-order chi connectivity index (χ1) is 16.8. The Kier molecular flexibility index (Phi) is 30.7. The molecule has 2 nitrogen and oxygen atoms in total. The molecule has 0 fully saturated rings. The second kappa shape index (κ2) is 30.9. The van der Waals surface area contributed by atoms with Gasteiger partial charge in [0.2, 0.25) is 0 Å². The third kappa shape index (κ3) is 31.8. The highest BCUT2D eigenvalue weighted by molar-refractivity contribution is 7.80. The van der Waals surface area contributed by atoms with Gasteiger partial charge in [-0.2, -0.15) is 12.6 Å². The number of aliphatic carboxylic acids is 1. The van der Waals surface area contributed by atoms with Crippen molar-refractivity contribution in [1.82, 2.24) is 0 Å². The molecule has 204 valence electrons. The van der Waals surface area contributed by atoms with Crippen molar-refractivity contribution in [2.24, 2.45) is 0 Å². The van der Waals surface area contributed by atoms with Crippen molar-refractivity contribution < 1.29 is 9.90 Å². The lowest BCUT2D eigenvalue weighted by Gasteiger charge is -2.04. The molecule has 0 saturated carbocycles. The van der Waals surface area contributed by atoms with Gasteiger partial charge < -0.3 is 5.11 Å². The molecule has 0 aliphatic rings. The van der Waals surface area contributed by atoms with Crippen molar-refractivity contribution in [2.45, 2.75) is 186 Å². The molecule has 0 saturated heterocycles. The van der Waals surface area contributed by atoms with Crippen LogP contribution in [0.4, 0.5) is 0 Å². The van der Waals surface area contributed by atoms with E-state index in [-0.39, 0.29) is 0 Å². The maximum absolute atomic E-state index is 10.5. The average Bonchev–Trinajstić information content (AvgIpc) is 2.83. The van der Waals surface area contributed by atoms with Crippen LogP contribution in [0.2, 0.25) is 0 Å². The molecule has 0 amide bonds. The highest BCUT2D eigenvalue weighted by Gasteiger charge is 1.98. The Balaban J connectivity index is 3.01. The molecule has 0 aromatic rings. The summed E-state index contributed by atoms with van der Waals surface area (Å²) in [5, 5.41) is 8.61. The van der Waals surface area contributed by atoms with Crippen molar-refractivity contribution >= 4 is 18.6 Å². The second-order valence-corrected chi connectivity index (χ2v) is 11.2. The van der Waals surface area contributed by atoms with E-state index in [4.69, 9.17) is 5.11 Å². The van der Waals surface area contributed by atoms with Gasteiger partial charge in [-0.3, -0.25) is 4.79 Å². The zero-order valence-corrected chi connectivity index (χ0v) is 23.9. The van der Waals surface area contributed by atoms with Crippen molar-refractivity contribution in [3.05, 3.63) is 0 Å². The summed E-state index contributed by atoms with van der Waals surface area (Å²) in [4.78, 5) is 10.5. The minimum Gasteiger partial charge on any atom is -0.481 e. The number of carboxylic acids is 1. The maximum atomic E-state index is 10.5. The fourth-order valence-corrected chi connectivity index (χ4v) is 5.21. The van der Waals surface area contributed by atoms with Crippen LogP contribution in [-0.2, 0) is 4.79 Å². The van der Waals surface area contributed by atoms with Crippen LogP contribution in [0.5, 0.6) is 0 Å². The lowest BCUT2D eigenvalue weighted by molar-refractivity contribution is -0.137. The van der Waals surface area contributed by atoms with Gasteiger partial charge in [-0.1, -0.05) is 167 Å². The first-order valence-corrected chi connectivity index (χ1v) is 16.2. The van der Waals surface area contributed by atoms with Crippen LogP contribution in [0, 0.1) is 0 Å². The Morgan fingerprint density at radius 1 is 0.353 bits per heavy atom. The van der Waals surface area contributed by atoms with Gasteiger partial charge in [-0.15, -0.1) is 0 Å². The SMILES string of the molecule is O=C(O)CCCCCCCCCCCCCCCCCCCCCCCCCCCCCCS. The predicted octanol–water partition coefficient (Wildman–Crippen LogP) is 11.3. The highest BCUT2D eigenvalue weighted by Crippen LogP contribution is 2.16. The summed E-state index contributed by atoms with van der Waals surface area (Å²) in [6, 6.07) is 0. The Bertz CT molecular complexity index is 386. The van der Waals surface area contributed by atoms with E-state index in [0.29, 0.717) is 6.42 Å². The molecule has 3 heteroatoms. The Labute approximate surface area is 220 Å². The number of thiol groups is 1. The van der Waals surface area contributed by atoms with Gasteiger partial charge in [-0.25, -0.2) is 0 Å². The van der Waals surface area contributed by atoms with Gasteiger partial charge in [-0.05, 0) is 18.6 Å². The largest absolute Gasteiger partial charge is 0.481 e. The van der Waals surface area contributed by atoms with Crippen LogP contribution in [0.1, 0.15) is 186 Å². The molecular weight excluding hydrogens is 436 g/mol. The monoisotopic (exact) mass is 498 g/mol. The van der Waals surface area contributed by atoms with E-state index >= 15 is 0 Å². The van der Waals surface area contributed by atoms with E-state index in [2.05, 4.69) is 12.6 Å². The lowest BCUT2D eigenvalue weighted by Crippen LogP contribution is -1.93. The maximum Gasteiger partial charge on any atom is 0.303 e. The summed E-state index contributed by atoms with van der Waals surface area (Å²) < 4.78 is 0. The average molecular weight is 499 g/mol. The fourth-order valence-electron chi connectivity index (χ4n) is 4.98. The van der Waals surface area contributed by atoms with Crippen LogP contribution >= 0.6 is 12.6 Å². The summed E-state index contributed by atoms with van der Waals surface area (Å²) in [5.41, 5.74) is 0. The predicted molar refractivity (Wildman–Crippen MR) is 155 cm³/mol. The normalized spacial score (nSPS) is 11.3. The molecule has 34 heavy (non-hydrogen) atoms. The van der Waals surface area contributed by atoms with E-state index < -0.39 is 5.97 Å². The molecule has 0 atom stereocenters. The molecular formula is C31H62O2S. The van der Waals surface area contributed by atoms with Gasteiger partial charge in [0.15, 0.2) is 0 Å². The topological polar surface area (TPSA) is 37.3 Å². The van der Waals surface area contributed by atoms with Crippen molar-refractivity contribution in [2.75, 3.05) is 5.75 Å². The number of hydrogen-bond donors (Lipinski definition) is 2. The summed E-state index contributed by atoms with van der Waals surface area (Å²) in [6.07, 6.45) is 39.1. The van der Waals surface area contributed by atoms with E-state index in [1.807, 2.05) is 0 Å². The van der Waals surface area contributed by atoms with Crippen molar-refractivity contribution in [3.63, 3.8) is 0 Å². The molecule has 0 bridgehead atoms. The van der Waals surface area contributed by atoms with Crippen LogP contribution in [-0.4, -0.2) is 16.8 Å². The molecule has 1 N–H and O–H groups in total. The van der Waals surface area contributed by atoms with Crippen LogP contribution in [0.15, 0.2) is 0 Å². The molecule has 0 aromatic carbocycles. The third-order valence-electron chi connectivity index (χ3n) is 7.30. The van der Waals surface area contributed by atoms with E-state index in [0.717, 1.165) is 18.6 Å². The van der Waals surface area contributed by atoms with Gasteiger partial charge in [0, 0.05) is 6.42 Å². The van der Waals surface area contributed by atoms with E-state index in [1.54, 1.807) is 0 Å². The molecule has 0 rings (SSSR count). The molecule has 0 aliphatic heterocycles. The first-order valence-electron chi connectivity index (χ1n) is 15.6. The fraction of sp³-hybridized carbons (Fsp3) is 0.968. The summed E-state index contributed by atoms with van der Waals surface area (Å²) in [5.74, 6) is 0.410. The summed E-state index contributed by atoms with van der Waals surface area (Å²) in [7, 11) is 0. The summed E-state index contributed by atoms with van der Waals surface area (Å²) >= 11 is 4.27. The number of carbonyl (C=O) groups is 1. The number of unbranched alkanes of at least 4 members (excludes halogenated alkanes) is 27. The van der Waals surface area contributed by atoms with Gasteiger partial charge >= 0.3 is 5.97 Å². The lowest BCUT2D eigenvalue weighted by atomic mass is 10.0. The number of hydrogen-bond acceptors (Lipinski definition) is 2. The molecule has 0 heterocycles. The van der Waals surface area contributed by atoms with Gasteiger partial charge in [0.25, 0.3) is 0 Å². The smallest absolute Gasteiger partial charge is 0.303 e. The minimum atomic E-state index is -0.649. The number of carboxylic acid groups (broad SMARTS) is 1. The Morgan fingerprint density at radius 2 is 0.529 bits per heavy atom. The van der Waals surface area contributed by atoms with Crippen molar-refractivity contribution in [3.8, 4) is 0 Å².